The van der Waals surface area contributed by atoms with Crippen LogP contribution in [-0.2, 0) is 14.4 Å². The van der Waals surface area contributed by atoms with Gasteiger partial charge < -0.3 is 10.1 Å². The van der Waals surface area contributed by atoms with Gasteiger partial charge in [0.05, 0.1) is 0 Å². The third-order valence-electron chi connectivity index (χ3n) is 3.05. The molecule has 0 aromatic heterocycles. The van der Waals surface area contributed by atoms with E-state index >= 15 is 0 Å². The van der Waals surface area contributed by atoms with Gasteiger partial charge in [0.1, 0.15) is 5.75 Å². The van der Waals surface area contributed by atoms with Gasteiger partial charge in [0, 0.05) is 11.4 Å². The number of carbonyl (C=O) groups excluding carboxylic acids is 3. The zero-order chi connectivity index (χ0) is 17.5. The smallest absolute Gasteiger partial charge is 0.327 e. The Labute approximate surface area is 139 Å². The highest BCUT2D eigenvalue weighted by Crippen LogP contribution is 2.24. The first-order chi connectivity index (χ1) is 11.5. The van der Waals surface area contributed by atoms with Gasteiger partial charge in [-0.1, -0.05) is 36.4 Å². The van der Waals surface area contributed by atoms with E-state index in [1.54, 1.807) is 19.9 Å². The fourth-order valence-corrected chi connectivity index (χ4v) is 2.01. The van der Waals surface area contributed by atoms with Crippen LogP contribution in [0.15, 0.2) is 42.5 Å². The molecule has 0 aliphatic carbocycles. The molecule has 0 radical (unpaired) electrons. The number of carbonyl (C=O) groups is 3. The van der Waals surface area contributed by atoms with Crippen molar-refractivity contribution in [3.8, 4) is 5.75 Å². The summed E-state index contributed by atoms with van der Waals surface area (Å²) >= 11 is 0. The largest absolute Gasteiger partial charge is 0.483 e. The molecule has 0 aliphatic rings. The van der Waals surface area contributed by atoms with E-state index in [1.807, 2.05) is 41.8 Å². The quantitative estimate of drug-likeness (QED) is 0.573. The summed E-state index contributed by atoms with van der Waals surface area (Å²) < 4.78 is 5.47. The average molecular weight is 329 g/mol. The molecule has 0 unspecified atom stereocenters. The van der Waals surface area contributed by atoms with Crippen molar-refractivity contribution in [2.45, 2.75) is 19.9 Å². The maximum absolute atomic E-state index is 11.7. The molecule has 7 nitrogen and oxygen atoms in total. The highest BCUT2D eigenvalue weighted by molar-refractivity contribution is 6.35. The highest BCUT2D eigenvalue weighted by Gasteiger charge is 2.15. The van der Waals surface area contributed by atoms with Crippen LogP contribution in [0, 0.1) is 0 Å². The number of amides is 3. The molecule has 0 atom stereocenters. The molecule has 3 amide bonds. The maximum atomic E-state index is 11.7. The monoisotopic (exact) mass is 329 g/mol. The first-order valence-electron chi connectivity index (χ1n) is 7.47. The molecule has 2 rings (SSSR count). The molecule has 2 aromatic carbocycles. The SMILES string of the molecule is CC(C)NC(=O)C(=O)NNC(=O)COc1cccc2ccccc12. The van der Waals surface area contributed by atoms with Crippen molar-refractivity contribution in [2.75, 3.05) is 6.61 Å². The number of hydrazine groups is 1. The lowest BCUT2D eigenvalue weighted by Gasteiger charge is -2.11. The van der Waals surface area contributed by atoms with Crippen molar-refractivity contribution >= 4 is 28.5 Å². The van der Waals surface area contributed by atoms with E-state index in [0.717, 1.165) is 10.8 Å². The van der Waals surface area contributed by atoms with Crippen molar-refractivity contribution in [3.05, 3.63) is 42.5 Å². The Morgan fingerprint density at radius 3 is 2.42 bits per heavy atom. The zero-order valence-corrected chi connectivity index (χ0v) is 13.5. The van der Waals surface area contributed by atoms with Gasteiger partial charge in [-0.3, -0.25) is 25.2 Å². The summed E-state index contributed by atoms with van der Waals surface area (Å²) in [6, 6.07) is 13.0. The van der Waals surface area contributed by atoms with Crippen LogP contribution in [0.3, 0.4) is 0 Å². The Bertz CT molecular complexity index is 753. The summed E-state index contributed by atoms with van der Waals surface area (Å²) in [6.07, 6.45) is 0. The van der Waals surface area contributed by atoms with Crippen LogP contribution in [0.2, 0.25) is 0 Å². The van der Waals surface area contributed by atoms with E-state index in [0.29, 0.717) is 5.75 Å². The minimum Gasteiger partial charge on any atom is -0.483 e. The second kappa shape index (κ2) is 7.96. The third-order valence-corrected chi connectivity index (χ3v) is 3.05. The number of hydrogen-bond donors (Lipinski definition) is 3. The topological polar surface area (TPSA) is 96.5 Å². The molecule has 0 saturated carbocycles. The van der Waals surface area contributed by atoms with Gasteiger partial charge in [-0.25, -0.2) is 0 Å². The minimum absolute atomic E-state index is 0.173. The molecule has 0 bridgehead atoms. The molecular weight excluding hydrogens is 310 g/mol. The van der Waals surface area contributed by atoms with Gasteiger partial charge in [0.2, 0.25) is 0 Å². The molecule has 0 spiro atoms. The van der Waals surface area contributed by atoms with E-state index < -0.39 is 17.7 Å². The lowest BCUT2D eigenvalue weighted by molar-refractivity contribution is -0.141. The number of fused-ring (bicyclic) bond motifs is 1. The molecule has 24 heavy (non-hydrogen) atoms. The number of hydrogen-bond acceptors (Lipinski definition) is 4. The number of rotatable bonds is 4. The predicted octanol–water partition coefficient (Wildman–Crippen LogP) is 0.891. The lowest BCUT2D eigenvalue weighted by atomic mass is 10.1. The Hall–Kier alpha value is -3.09. The fraction of sp³-hybridized carbons (Fsp3) is 0.235. The normalized spacial score (nSPS) is 10.3. The summed E-state index contributed by atoms with van der Waals surface area (Å²) in [4.78, 5) is 34.6. The minimum atomic E-state index is -0.942. The second-order valence-electron chi connectivity index (χ2n) is 5.40. The first-order valence-corrected chi connectivity index (χ1v) is 7.47. The van der Waals surface area contributed by atoms with Crippen LogP contribution < -0.4 is 20.9 Å². The zero-order valence-electron chi connectivity index (χ0n) is 13.5. The summed E-state index contributed by atoms with van der Waals surface area (Å²) in [5.74, 6) is -1.77. The van der Waals surface area contributed by atoms with Crippen molar-refractivity contribution in [2.24, 2.45) is 0 Å². The van der Waals surface area contributed by atoms with E-state index in [-0.39, 0.29) is 12.6 Å². The standard InChI is InChI=1S/C17H19N3O4/c1-11(2)18-16(22)17(23)20-19-15(21)10-24-14-9-5-7-12-6-3-4-8-13(12)14/h3-9,11H,10H2,1-2H3,(H,18,22)(H,19,21)(H,20,23). The number of benzene rings is 2. The molecule has 3 N–H and O–H groups in total. The molecule has 0 fully saturated rings. The molecule has 0 saturated heterocycles. The van der Waals surface area contributed by atoms with Crippen molar-refractivity contribution in [1.29, 1.82) is 0 Å². The van der Waals surface area contributed by atoms with Crippen LogP contribution in [0.5, 0.6) is 5.75 Å². The van der Waals surface area contributed by atoms with E-state index in [1.165, 1.54) is 0 Å². The van der Waals surface area contributed by atoms with Crippen LogP contribution in [0.1, 0.15) is 13.8 Å². The summed E-state index contributed by atoms with van der Waals surface area (Å²) in [7, 11) is 0. The number of ether oxygens (including phenoxy) is 1. The Kier molecular flexibility index (Phi) is 5.73. The van der Waals surface area contributed by atoms with Crippen LogP contribution in [0.25, 0.3) is 10.8 Å². The molecule has 2 aromatic rings. The Balaban J connectivity index is 1.85. The molecule has 7 heteroatoms. The first kappa shape index (κ1) is 17.3. The summed E-state index contributed by atoms with van der Waals surface area (Å²) in [5, 5.41) is 4.29. The lowest BCUT2D eigenvalue weighted by Crippen LogP contribution is -2.50. The van der Waals surface area contributed by atoms with E-state index in [9.17, 15) is 14.4 Å². The van der Waals surface area contributed by atoms with Crippen molar-refractivity contribution in [3.63, 3.8) is 0 Å². The van der Waals surface area contributed by atoms with Crippen LogP contribution in [0.4, 0.5) is 0 Å². The van der Waals surface area contributed by atoms with Gasteiger partial charge in [0.15, 0.2) is 6.61 Å². The van der Waals surface area contributed by atoms with Gasteiger partial charge in [-0.2, -0.15) is 0 Å². The maximum Gasteiger partial charge on any atom is 0.327 e. The number of nitrogens with one attached hydrogen (secondary N) is 3. The van der Waals surface area contributed by atoms with Gasteiger partial charge in [0.25, 0.3) is 5.91 Å². The molecule has 0 aliphatic heterocycles. The second-order valence-corrected chi connectivity index (χ2v) is 5.40. The molecule has 0 heterocycles. The summed E-state index contributed by atoms with van der Waals surface area (Å²) in [5.41, 5.74) is 4.16. The third kappa shape index (κ3) is 4.70. The Morgan fingerprint density at radius 1 is 0.958 bits per heavy atom. The highest BCUT2D eigenvalue weighted by atomic mass is 16.5. The van der Waals surface area contributed by atoms with Crippen molar-refractivity contribution < 1.29 is 19.1 Å². The van der Waals surface area contributed by atoms with Gasteiger partial charge >= 0.3 is 11.8 Å². The van der Waals surface area contributed by atoms with Crippen LogP contribution in [-0.4, -0.2) is 30.4 Å². The predicted molar refractivity (Wildman–Crippen MR) is 89.0 cm³/mol. The Morgan fingerprint density at radius 2 is 1.67 bits per heavy atom. The fourth-order valence-electron chi connectivity index (χ4n) is 2.01. The van der Waals surface area contributed by atoms with Gasteiger partial charge in [-0.05, 0) is 25.3 Å². The van der Waals surface area contributed by atoms with Crippen molar-refractivity contribution in [1.82, 2.24) is 16.2 Å². The summed E-state index contributed by atoms with van der Waals surface area (Å²) in [6.45, 7) is 3.16. The van der Waals surface area contributed by atoms with Gasteiger partial charge in [-0.15, -0.1) is 0 Å². The van der Waals surface area contributed by atoms with E-state index in [2.05, 4.69) is 10.7 Å². The average Bonchev–Trinajstić information content (AvgIpc) is 2.57. The molecular formula is C17H19N3O4. The van der Waals surface area contributed by atoms with Crippen LogP contribution >= 0.6 is 0 Å². The van der Waals surface area contributed by atoms with E-state index in [4.69, 9.17) is 4.74 Å². The molecule has 126 valence electrons.